The number of rotatable bonds is 6. The van der Waals surface area contributed by atoms with Gasteiger partial charge in [-0.15, -0.1) is 0 Å². The molecule has 0 saturated heterocycles. The number of thioether (sulfide) groups is 1. The van der Waals surface area contributed by atoms with E-state index in [1.807, 2.05) is 5.40 Å². The summed E-state index contributed by atoms with van der Waals surface area (Å²) in [4.78, 5) is 13.5. The van der Waals surface area contributed by atoms with E-state index in [-0.39, 0.29) is 21.2 Å². The predicted molar refractivity (Wildman–Crippen MR) is 120 cm³/mol. The first kappa shape index (κ1) is 22.0. The largest absolute Gasteiger partial charge is 0.322 e. The second-order valence-corrected chi connectivity index (χ2v) is 9.33. The average molecular weight is 478 g/mol. The summed E-state index contributed by atoms with van der Waals surface area (Å²) in [6, 6.07) is 16.6. The maximum absolute atomic E-state index is 12.8. The summed E-state index contributed by atoms with van der Waals surface area (Å²) in [6.45, 7) is 0. The third-order valence-corrected chi connectivity index (χ3v) is 6.34. The molecule has 0 heterocycles. The zero-order chi connectivity index (χ0) is 21.7. The van der Waals surface area contributed by atoms with Crippen molar-refractivity contribution in [1.29, 1.82) is 5.26 Å². The van der Waals surface area contributed by atoms with Crippen molar-refractivity contribution < 1.29 is 13.2 Å². The van der Waals surface area contributed by atoms with Crippen molar-refractivity contribution in [3.8, 4) is 5.40 Å². The standard InChI is InChI=1S/C20H13Cl2N3O3S2/c21-13-1-8-17(9-2-13)30(27,28)25-19-10-3-14(22)11-18(19)20(26)24-15-4-6-16(7-5-15)29-12-23/h1-11,25H,(H,24,26). The molecule has 3 rings (SSSR count). The van der Waals surface area contributed by atoms with Crippen LogP contribution in [0.1, 0.15) is 10.4 Å². The molecule has 6 nitrogen and oxygen atoms in total. The SMILES string of the molecule is N#CSc1ccc(NC(=O)c2cc(Cl)ccc2NS(=O)(=O)c2ccc(Cl)cc2)cc1. The molecule has 2 N–H and O–H groups in total. The van der Waals surface area contributed by atoms with Gasteiger partial charge in [0.2, 0.25) is 0 Å². The van der Waals surface area contributed by atoms with Crippen molar-refractivity contribution in [3.05, 3.63) is 82.3 Å². The predicted octanol–water partition coefficient (Wildman–Crippen LogP) is 5.62. The van der Waals surface area contributed by atoms with Gasteiger partial charge in [-0.1, -0.05) is 23.2 Å². The molecule has 3 aromatic rings. The van der Waals surface area contributed by atoms with E-state index in [9.17, 15) is 13.2 Å². The Morgan fingerprint density at radius 3 is 2.20 bits per heavy atom. The number of nitrogens with one attached hydrogen (secondary N) is 2. The second-order valence-electron chi connectivity index (χ2n) is 5.92. The summed E-state index contributed by atoms with van der Waals surface area (Å²) in [5, 5.41) is 14.0. The molecular weight excluding hydrogens is 465 g/mol. The van der Waals surface area contributed by atoms with Crippen LogP contribution in [0.15, 0.2) is 76.5 Å². The van der Waals surface area contributed by atoms with Gasteiger partial charge in [-0.05, 0) is 78.5 Å². The minimum Gasteiger partial charge on any atom is -0.322 e. The minimum absolute atomic E-state index is 0.00112. The zero-order valence-corrected chi connectivity index (χ0v) is 18.2. The molecule has 0 aliphatic rings. The van der Waals surface area contributed by atoms with E-state index in [2.05, 4.69) is 10.0 Å². The van der Waals surface area contributed by atoms with Crippen LogP contribution in [0.25, 0.3) is 0 Å². The number of sulfonamides is 1. The first-order valence-corrected chi connectivity index (χ1v) is 11.4. The number of nitriles is 1. The lowest BCUT2D eigenvalue weighted by Gasteiger charge is -2.13. The molecule has 1 amide bonds. The van der Waals surface area contributed by atoms with Gasteiger partial charge in [0.1, 0.15) is 5.40 Å². The van der Waals surface area contributed by atoms with Gasteiger partial charge in [0.15, 0.2) is 0 Å². The van der Waals surface area contributed by atoms with Gasteiger partial charge >= 0.3 is 0 Å². The number of carbonyl (C=O) groups excluding carboxylic acids is 1. The van der Waals surface area contributed by atoms with E-state index < -0.39 is 15.9 Å². The Hall–Kier alpha value is -2.70. The molecule has 152 valence electrons. The topological polar surface area (TPSA) is 99.1 Å². The molecule has 0 spiro atoms. The molecule has 3 aromatic carbocycles. The third kappa shape index (κ3) is 5.46. The number of anilines is 2. The molecule has 10 heteroatoms. The van der Waals surface area contributed by atoms with Crippen molar-refractivity contribution in [2.75, 3.05) is 10.0 Å². The summed E-state index contributed by atoms with van der Waals surface area (Å²) in [5.74, 6) is -0.549. The number of nitrogens with zero attached hydrogens (tertiary/aromatic N) is 1. The number of hydrogen-bond acceptors (Lipinski definition) is 5. The molecule has 0 aliphatic heterocycles. The van der Waals surface area contributed by atoms with Gasteiger partial charge < -0.3 is 5.32 Å². The monoisotopic (exact) mass is 477 g/mol. The Morgan fingerprint density at radius 2 is 1.57 bits per heavy atom. The quantitative estimate of drug-likeness (QED) is 0.354. The third-order valence-electron chi connectivity index (χ3n) is 3.87. The molecule has 30 heavy (non-hydrogen) atoms. The highest BCUT2D eigenvalue weighted by Gasteiger charge is 2.19. The summed E-state index contributed by atoms with van der Waals surface area (Å²) in [5.41, 5.74) is 0.604. The van der Waals surface area contributed by atoms with Gasteiger partial charge in [-0.25, -0.2) is 8.42 Å². The van der Waals surface area contributed by atoms with E-state index in [1.165, 1.54) is 42.5 Å². The molecule has 0 fully saturated rings. The van der Waals surface area contributed by atoms with Crippen LogP contribution in [0.2, 0.25) is 10.0 Å². The Bertz CT molecular complexity index is 1220. The van der Waals surface area contributed by atoms with Crippen molar-refractivity contribution in [1.82, 2.24) is 0 Å². The van der Waals surface area contributed by atoms with Gasteiger partial charge in [0, 0.05) is 20.6 Å². The lowest BCUT2D eigenvalue weighted by Crippen LogP contribution is -2.18. The highest BCUT2D eigenvalue weighted by molar-refractivity contribution is 8.03. The normalized spacial score (nSPS) is 10.8. The van der Waals surface area contributed by atoms with Gasteiger partial charge in [-0.3, -0.25) is 9.52 Å². The first-order chi connectivity index (χ1) is 14.3. The fourth-order valence-electron chi connectivity index (χ4n) is 2.47. The van der Waals surface area contributed by atoms with Crippen LogP contribution in [0.3, 0.4) is 0 Å². The number of hydrogen-bond donors (Lipinski definition) is 2. The van der Waals surface area contributed by atoms with E-state index in [0.29, 0.717) is 10.7 Å². The van der Waals surface area contributed by atoms with Crippen LogP contribution in [-0.4, -0.2) is 14.3 Å². The molecule has 0 unspecified atom stereocenters. The maximum Gasteiger partial charge on any atom is 0.261 e. The van der Waals surface area contributed by atoms with Crippen molar-refractivity contribution >= 4 is 62.3 Å². The average Bonchev–Trinajstić information content (AvgIpc) is 2.71. The van der Waals surface area contributed by atoms with Crippen LogP contribution < -0.4 is 10.0 Å². The van der Waals surface area contributed by atoms with Crippen LogP contribution in [0, 0.1) is 10.7 Å². The lowest BCUT2D eigenvalue weighted by atomic mass is 10.1. The summed E-state index contributed by atoms with van der Waals surface area (Å²) >= 11 is 12.8. The molecule has 0 atom stereocenters. The minimum atomic E-state index is -3.95. The van der Waals surface area contributed by atoms with Gasteiger partial charge in [0.25, 0.3) is 15.9 Å². The highest BCUT2D eigenvalue weighted by Crippen LogP contribution is 2.26. The van der Waals surface area contributed by atoms with Crippen LogP contribution in [0.5, 0.6) is 0 Å². The Morgan fingerprint density at radius 1 is 0.933 bits per heavy atom. The number of thiocyanates is 1. The van der Waals surface area contributed by atoms with E-state index in [4.69, 9.17) is 28.5 Å². The maximum atomic E-state index is 12.8. The summed E-state index contributed by atoms with van der Waals surface area (Å²) in [7, 11) is -3.95. The Balaban J connectivity index is 1.86. The fraction of sp³-hybridized carbons (Fsp3) is 0. The van der Waals surface area contributed by atoms with Crippen LogP contribution >= 0.6 is 35.0 Å². The van der Waals surface area contributed by atoms with Crippen LogP contribution in [0.4, 0.5) is 11.4 Å². The molecule has 0 saturated carbocycles. The Kier molecular flexibility index (Phi) is 6.90. The smallest absolute Gasteiger partial charge is 0.261 e. The van der Waals surface area contributed by atoms with E-state index in [1.54, 1.807) is 24.3 Å². The molecular formula is C20H13Cl2N3O3S2. The van der Waals surface area contributed by atoms with E-state index >= 15 is 0 Å². The second kappa shape index (κ2) is 9.41. The van der Waals surface area contributed by atoms with E-state index in [0.717, 1.165) is 16.7 Å². The van der Waals surface area contributed by atoms with Crippen molar-refractivity contribution in [3.63, 3.8) is 0 Å². The number of halogens is 2. The molecule has 0 bridgehead atoms. The van der Waals surface area contributed by atoms with Crippen molar-refractivity contribution in [2.45, 2.75) is 9.79 Å². The number of benzene rings is 3. The summed E-state index contributed by atoms with van der Waals surface area (Å²) < 4.78 is 27.8. The first-order valence-electron chi connectivity index (χ1n) is 8.34. The fourth-order valence-corrected chi connectivity index (χ4v) is 4.22. The van der Waals surface area contributed by atoms with Gasteiger partial charge in [-0.2, -0.15) is 5.26 Å². The summed E-state index contributed by atoms with van der Waals surface area (Å²) in [6.07, 6.45) is 0. The lowest BCUT2D eigenvalue weighted by molar-refractivity contribution is 0.102. The zero-order valence-electron chi connectivity index (χ0n) is 15.1. The number of carbonyl (C=O) groups is 1. The van der Waals surface area contributed by atoms with Gasteiger partial charge in [0.05, 0.1) is 16.1 Å². The molecule has 0 aromatic heterocycles. The molecule has 0 radical (unpaired) electrons. The Labute approximate surface area is 187 Å². The van der Waals surface area contributed by atoms with Crippen molar-refractivity contribution in [2.24, 2.45) is 0 Å². The number of amides is 1. The molecule has 0 aliphatic carbocycles. The van der Waals surface area contributed by atoms with Crippen LogP contribution in [-0.2, 0) is 10.0 Å². The highest BCUT2D eigenvalue weighted by atomic mass is 35.5.